The fraction of sp³-hybridized carbons (Fsp3) is 0.250. The number of aryl methyl sites for hydroxylation is 1. The third-order valence-electron chi connectivity index (χ3n) is 1.56. The third-order valence-corrected chi connectivity index (χ3v) is 2.70. The molecular weight excluding hydrogens is 213 g/mol. The highest BCUT2D eigenvalue weighted by Crippen LogP contribution is 2.31. The lowest BCUT2D eigenvalue weighted by molar-refractivity contribution is 1.16. The predicted octanol–water partition coefficient (Wildman–Crippen LogP) is 3.32. The lowest BCUT2D eigenvalue weighted by Crippen LogP contribution is -1.92. The van der Waals surface area contributed by atoms with Crippen LogP contribution in [0.5, 0.6) is 0 Å². The summed E-state index contributed by atoms with van der Waals surface area (Å²) in [6.45, 7) is 0. The second-order valence-corrected chi connectivity index (χ2v) is 3.56. The van der Waals surface area contributed by atoms with Crippen LogP contribution in [-0.2, 0) is 6.42 Å². The number of anilines is 1. The van der Waals surface area contributed by atoms with Crippen molar-refractivity contribution in [2.24, 2.45) is 0 Å². The minimum absolute atomic E-state index is 0.428. The molecule has 1 rings (SSSR count). The van der Waals surface area contributed by atoms with Crippen molar-refractivity contribution >= 4 is 41.5 Å². The van der Waals surface area contributed by atoms with Gasteiger partial charge < -0.3 is 5.73 Å². The monoisotopic (exact) mass is 220 g/mol. The van der Waals surface area contributed by atoms with Crippen molar-refractivity contribution in [3.05, 3.63) is 27.7 Å². The van der Waals surface area contributed by atoms with Crippen molar-refractivity contribution < 1.29 is 0 Å². The summed E-state index contributed by atoms with van der Waals surface area (Å²) in [5, 5.41) is 0.958. The first-order valence-electron chi connectivity index (χ1n) is 3.47. The summed E-state index contributed by atoms with van der Waals surface area (Å²) in [5.74, 6) is 0.639. The van der Waals surface area contributed by atoms with Crippen molar-refractivity contribution in [3.63, 3.8) is 0 Å². The van der Waals surface area contributed by atoms with Crippen LogP contribution in [0.1, 0.15) is 5.56 Å². The Bertz CT molecular complexity index is 289. The molecule has 0 saturated heterocycles. The van der Waals surface area contributed by atoms with Gasteiger partial charge in [0.05, 0.1) is 15.7 Å². The van der Waals surface area contributed by atoms with Crippen LogP contribution in [0, 0.1) is 0 Å². The summed E-state index contributed by atoms with van der Waals surface area (Å²) in [7, 11) is 0. The molecule has 0 fully saturated rings. The SMILES string of the molecule is Nc1ccc(CC[S])c(Cl)c1Cl. The zero-order chi connectivity index (χ0) is 9.14. The zero-order valence-corrected chi connectivity index (χ0v) is 8.64. The molecule has 0 saturated carbocycles. The van der Waals surface area contributed by atoms with E-state index >= 15 is 0 Å². The van der Waals surface area contributed by atoms with Crippen molar-refractivity contribution in [1.82, 2.24) is 0 Å². The topological polar surface area (TPSA) is 26.0 Å². The molecular formula is C8H8Cl2NS. The van der Waals surface area contributed by atoms with Crippen LogP contribution in [0.3, 0.4) is 0 Å². The van der Waals surface area contributed by atoms with Gasteiger partial charge in [-0.1, -0.05) is 41.9 Å². The Kier molecular flexibility index (Phi) is 3.56. The molecule has 0 unspecified atom stereocenters. The quantitative estimate of drug-likeness (QED) is 0.761. The van der Waals surface area contributed by atoms with Crippen LogP contribution in [0.2, 0.25) is 10.0 Å². The Morgan fingerprint density at radius 1 is 1.25 bits per heavy atom. The van der Waals surface area contributed by atoms with Gasteiger partial charge in [0.25, 0.3) is 0 Å². The molecule has 0 aliphatic carbocycles. The summed E-state index contributed by atoms with van der Waals surface area (Å²) in [4.78, 5) is 0. The van der Waals surface area contributed by atoms with Gasteiger partial charge in [0.2, 0.25) is 0 Å². The van der Waals surface area contributed by atoms with Gasteiger partial charge in [0, 0.05) is 5.75 Å². The minimum atomic E-state index is 0.428. The van der Waals surface area contributed by atoms with E-state index in [9.17, 15) is 0 Å². The second-order valence-electron chi connectivity index (χ2n) is 2.40. The number of benzene rings is 1. The predicted molar refractivity (Wildman–Crippen MR) is 57.0 cm³/mol. The number of hydrogen-bond acceptors (Lipinski definition) is 1. The highest BCUT2D eigenvalue weighted by molar-refractivity contribution is 7.80. The highest BCUT2D eigenvalue weighted by Gasteiger charge is 2.06. The van der Waals surface area contributed by atoms with E-state index in [1.165, 1.54) is 0 Å². The van der Waals surface area contributed by atoms with Gasteiger partial charge in [-0.3, -0.25) is 0 Å². The molecule has 0 aliphatic rings. The standard InChI is InChI=1S/C8H8Cl2NS/c9-7-5(3-4-12)1-2-6(11)8(7)10/h1-2H,3-4,11H2. The molecule has 0 spiro atoms. The van der Waals surface area contributed by atoms with E-state index in [1.54, 1.807) is 6.07 Å². The molecule has 0 aromatic heterocycles. The van der Waals surface area contributed by atoms with Crippen LogP contribution >= 0.6 is 35.8 Å². The van der Waals surface area contributed by atoms with E-state index < -0.39 is 0 Å². The Morgan fingerprint density at radius 2 is 1.92 bits per heavy atom. The molecule has 0 bridgehead atoms. The summed E-state index contributed by atoms with van der Waals surface area (Å²) in [6.07, 6.45) is 0.758. The number of hydrogen-bond donors (Lipinski definition) is 1. The first-order valence-corrected chi connectivity index (χ1v) is 4.80. The van der Waals surface area contributed by atoms with Crippen LogP contribution < -0.4 is 5.73 Å². The fourth-order valence-corrected chi connectivity index (χ4v) is 1.58. The Morgan fingerprint density at radius 3 is 2.50 bits per heavy atom. The molecule has 0 atom stereocenters. The molecule has 1 nitrogen and oxygen atoms in total. The van der Waals surface area contributed by atoms with E-state index in [1.807, 2.05) is 6.07 Å². The molecule has 12 heavy (non-hydrogen) atoms. The summed E-state index contributed by atoms with van der Waals surface area (Å²) in [5.41, 5.74) is 7.02. The van der Waals surface area contributed by atoms with Gasteiger partial charge in [-0.25, -0.2) is 0 Å². The zero-order valence-electron chi connectivity index (χ0n) is 6.31. The maximum absolute atomic E-state index is 5.92. The first-order chi connectivity index (χ1) is 5.66. The van der Waals surface area contributed by atoms with Gasteiger partial charge >= 0.3 is 0 Å². The van der Waals surface area contributed by atoms with Crippen molar-refractivity contribution in [3.8, 4) is 0 Å². The van der Waals surface area contributed by atoms with Gasteiger partial charge in [0.15, 0.2) is 0 Å². The Labute approximate surface area is 87.3 Å². The molecule has 1 radical (unpaired) electrons. The smallest absolute Gasteiger partial charge is 0.0824 e. The van der Waals surface area contributed by atoms with Crippen LogP contribution in [0.25, 0.3) is 0 Å². The molecule has 1 aromatic rings. The molecule has 0 amide bonds. The van der Waals surface area contributed by atoms with E-state index in [4.69, 9.17) is 41.6 Å². The average molecular weight is 221 g/mol. The Hall–Kier alpha value is -0.0500. The third kappa shape index (κ3) is 2.00. The van der Waals surface area contributed by atoms with Crippen molar-refractivity contribution in [1.29, 1.82) is 0 Å². The summed E-state index contributed by atoms with van der Waals surface area (Å²) >= 11 is 16.6. The number of halogens is 2. The lowest BCUT2D eigenvalue weighted by atomic mass is 10.1. The first kappa shape index (κ1) is 10.0. The van der Waals surface area contributed by atoms with E-state index in [0.717, 1.165) is 12.0 Å². The van der Waals surface area contributed by atoms with Gasteiger partial charge in [-0.2, -0.15) is 0 Å². The molecule has 0 aliphatic heterocycles. The van der Waals surface area contributed by atoms with Crippen LogP contribution in [0.15, 0.2) is 12.1 Å². The maximum atomic E-state index is 5.92. The summed E-state index contributed by atoms with van der Waals surface area (Å²) in [6, 6.07) is 3.60. The van der Waals surface area contributed by atoms with Crippen LogP contribution in [-0.4, -0.2) is 5.75 Å². The van der Waals surface area contributed by atoms with Gasteiger partial charge in [-0.05, 0) is 18.1 Å². The molecule has 65 valence electrons. The maximum Gasteiger partial charge on any atom is 0.0824 e. The second kappa shape index (κ2) is 4.26. The average Bonchev–Trinajstić information content (AvgIpc) is 2.07. The van der Waals surface area contributed by atoms with E-state index in [-0.39, 0.29) is 0 Å². The number of nitrogens with two attached hydrogens (primary N) is 1. The normalized spacial score (nSPS) is 10.2. The lowest BCUT2D eigenvalue weighted by Gasteiger charge is -2.05. The molecule has 4 heteroatoms. The van der Waals surface area contributed by atoms with Crippen molar-refractivity contribution in [2.45, 2.75) is 6.42 Å². The summed E-state index contributed by atoms with van der Waals surface area (Å²) < 4.78 is 0. The van der Waals surface area contributed by atoms with Gasteiger partial charge in [-0.15, -0.1) is 0 Å². The molecule has 0 heterocycles. The minimum Gasteiger partial charge on any atom is -0.397 e. The van der Waals surface area contributed by atoms with Crippen molar-refractivity contribution in [2.75, 3.05) is 11.5 Å². The number of rotatable bonds is 2. The largest absolute Gasteiger partial charge is 0.397 e. The molecule has 1 aromatic carbocycles. The molecule has 2 N–H and O–H groups in total. The van der Waals surface area contributed by atoms with E-state index in [0.29, 0.717) is 21.5 Å². The van der Waals surface area contributed by atoms with E-state index in [2.05, 4.69) is 0 Å². The van der Waals surface area contributed by atoms with Crippen LogP contribution in [0.4, 0.5) is 5.69 Å². The van der Waals surface area contributed by atoms with Gasteiger partial charge in [0.1, 0.15) is 0 Å². The Balaban J connectivity index is 3.08. The highest BCUT2D eigenvalue weighted by atomic mass is 35.5. The number of nitrogen functional groups attached to an aromatic ring is 1. The fourth-order valence-electron chi connectivity index (χ4n) is 0.907.